The number of amides is 1. The van der Waals surface area contributed by atoms with E-state index < -0.39 is 0 Å². The Morgan fingerprint density at radius 1 is 1.17 bits per heavy atom. The topological polar surface area (TPSA) is 55.1 Å². The number of halogens is 1. The standard InChI is InChI=1S/C14H13ClN2O/c15-13-8-11(17-14(18)9-16)6-7-12(13)10-4-2-1-3-5-10/h1-8H,9,16H2,(H,17,18). The lowest BCUT2D eigenvalue weighted by molar-refractivity contribution is -0.114. The van der Waals surface area contributed by atoms with Gasteiger partial charge in [0.05, 0.1) is 11.6 Å². The average molecular weight is 261 g/mol. The monoisotopic (exact) mass is 260 g/mol. The molecule has 2 aromatic rings. The molecule has 0 aliphatic heterocycles. The zero-order valence-corrected chi connectivity index (χ0v) is 10.4. The van der Waals surface area contributed by atoms with Crippen LogP contribution in [0, 0.1) is 0 Å². The number of nitrogens with one attached hydrogen (secondary N) is 1. The van der Waals surface area contributed by atoms with E-state index >= 15 is 0 Å². The third-order valence-electron chi connectivity index (χ3n) is 2.52. The number of hydrogen-bond acceptors (Lipinski definition) is 2. The summed E-state index contributed by atoms with van der Waals surface area (Å²) in [7, 11) is 0. The normalized spacial score (nSPS) is 10.1. The molecule has 3 nitrogen and oxygen atoms in total. The van der Waals surface area contributed by atoms with Gasteiger partial charge in [-0.05, 0) is 17.7 Å². The summed E-state index contributed by atoms with van der Waals surface area (Å²) in [5.41, 5.74) is 7.86. The van der Waals surface area contributed by atoms with Crippen molar-refractivity contribution in [3.63, 3.8) is 0 Å². The Bertz CT molecular complexity index is 555. The summed E-state index contributed by atoms with van der Waals surface area (Å²) in [5.74, 6) is -0.237. The van der Waals surface area contributed by atoms with Gasteiger partial charge in [-0.3, -0.25) is 4.79 Å². The Morgan fingerprint density at radius 3 is 2.50 bits per heavy atom. The van der Waals surface area contributed by atoms with Gasteiger partial charge in [0.25, 0.3) is 0 Å². The lowest BCUT2D eigenvalue weighted by Gasteiger charge is -2.08. The number of hydrogen-bond donors (Lipinski definition) is 2. The Hall–Kier alpha value is -1.84. The Labute approximate surface area is 111 Å². The van der Waals surface area contributed by atoms with Gasteiger partial charge in [-0.25, -0.2) is 0 Å². The Kier molecular flexibility index (Phi) is 3.97. The second-order valence-corrected chi connectivity index (χ2v) is 4.22. The molecule has 0 unspecified atom stereocenters. The van der Waals surface area contributed by atoms with Gasteiger partial charge in [0.2, 0.25) is 5.91 Å². The molecular weight excluding hydrogens is 248 g/mol. The fraction of sp³-hybridized carbons (Fsp3) is 0.0714. The van der Waals surface area contributed by atoms with E-state index in [4.69, 9.17) is 17.3 Å². The van der Waals surface area contributed by atoms with Gasteiger partial charge in [0.1, 0.15) is 0 Å². The van der Waals surface area contributed by atoms with E-state index in [-0.39, 0.29) is 12.5 Å². The first-order valence-electron chi connectivity index (χ1n) is 5.55. The van der Waals surface area contributed by atoms with E-state index in [2.05, 4.69) is 5.32 Å². The van der Waals surface area contributed by atoms with Crippen molar-refractivity contribution in [2.75, 3.05) is 11.9 Å². The lowest BCUT2D eigenvalue weighted by atomic mass is 10.1. The third-order valence-corrected chi connectivity index (χ3v) is 2.84. The van der Waals surface area contributed by atoms with Crippen LogP contribution >= 0.6 is 11.6 Å². The largest absolute Gasteiger partial charge is 0.325 e. The van der Waals surface area contributed by atoms with Gasteiger partial charge in [-0.15, -0.1) is 0 Å². The predicted molar refractivity (Wildman–Crippen MR) is 74.6 cm³/mol. The van der Waals surface area contributed by atoms with E-state index in [1.807, 2.05) is 42.5 Å². The fourth-order valence-corrected chi connectivity index (χ4v) is 1.95. The van der Waals surface area contributed by atoms with Crippen LogP contribution in [0.1, 0.15) is 0 Å². The van der Waals surface area contributed by atoms with Crippen molar-refractivity contribution in [1.29, 1.82) is 0 Å². The van der Waals surface area contributed by atoms with E-state index in [0.29, 0.717) is 10.7 Å². The first-order valence-corrected chi connectivity index (χ1v) is 5.93. The summed E-state index contributed by atoms with van der Waals surface area (Å²) in [4.78, 5) is 11.2. The zero-order valence-electron chi connectivity index (χ0n) is 9.69. The minimum absolute atomic E-state index is 0.0436. The third kappa shape index (κ3) is 2.88. The molecule has 0 saturated heterocycles. The van der Waals surface area contributed by atoms with Crippen LogP contribution in [0.5, 0.6) is 0 Å². The molecule has 1 amide bonds. The highest BCUT2D eigenvalue weighted by Gasteiger charge is 2.05. The molecule has 0 atom stereocenters. The first kappa shape index (κ1) is 12.6. The van der Waals surface area contributed by atoms with Crippen LogP contribution in [-0.2, 0) is 4.79 Å². The molecule has 4 heteroatoms. The van der Waals surface area contributed by atoms with E-state index in [1.165, 1.54) is 0 Å². The van der Waals surface area contributed by atoms with E-state index in [1.54, 1.807) is 6.07 Å². The average Bonchev–Trinajstić information content (AvgIpc) is 2.40. The van der Waals surface area contributed by atoms with Crippen molar-refractivity contribution in [2.24, 2.45) is 5.73 Å². The van der Waals surface area contributed by atoms with Crippen molar-refractivity contribution >= 4 is 23.2 Å². The molecule has 0 bridgehead atoms. The molecule has 0 fully saturated rings. The van der Waals surface area contributed by atoms with Crippen molar-refractivity contribution in [3.05, 3.63) is 53.6 Å². The van der Waals surface area contributed by atoms with Gasteiger partial charge < -0.3 is 11.1 Å². The highest BCUT2D eigenvalue weighted by Crippen LogP contribution is 2.30. The van der Waals surface area contributed by atoms with Crippen LogP contribution < -0.4 is 11.1 Å². The molecule has 0 saturated carbocycles. The van der Waals surface area contributed by atoms with Gasteiger partial charge in [0, 0.05) is 11.3 Å². The second kappa shape index (κ2) is 5.67. The van der Waals surface area contributed by atoms with Crippen LogP contribution in [0.15, 0.2) is 48.5 Å². The number of carbonyl (C=O) groups is 1. The van der Waals surface area contributed by atoms with Gasteiger partial charge in [-0.2, -0.15) is 0 Å². The fourth-order valence-electron chi connectivity index (χ4n) is 1.66. The summed E-state index contributed by atoms with van der Waals surface area (Å²) >= 11 is 6.21. The summed E-state index contributed by atoms with van der Waals surface area (Å²) in [6.45, 7) is -0.0436. The summed E-state index contributed by atoms with van der Waals surface area (Å²) in [6, 6.07) is 15.2. The summed E-state index contributed by atoms with van der Waals surface area (Å²) in [6.07, 6.45) is 0. The summed E-state index contributed by atoms with van der Waals surface area (Å²) in [5, 5.41) is 3.26. The van der Waals surface area contributed by atoms with Gasteiger partial charge in [0.15, 0.2) is 0 Å². The van der Waals surface area contributed by atoms with E-state index in [0.717, 1.165) is 11.1 Å². The lowest BCUT2D eigenvalue weighted by Crippen LogP contribution is -2.21. The molecule has 2 rings (SSSR count). The number of carbonyl (C=O) groups excluding carboxylic acids is 1. The molecule has 18 heavy (non-hydrogen) atoms. The second-order valence-electron chi connectivity index (χ2n) is 3.81. The molecule has 2 aromatic carbocycles. The van der Waals surface area contributed by atoms with Crippen molar-refractivity contribution in [2.45, 2.75) is 0 Å². The number of anilines is 1. The number of nitrogens with two attached hydrogens (primary N) is 1. The highest BCUT2D eigenvalue weighted by atomic mass is 35.5. The van der Waals surface area contributed by atoms with Crippen molar-refractivity contribution in [3.8, 4) is 11.1 Å². The summed E-state index contributed by atoms with van der Waals surface area (Å²) < 4.78 is 0. The van der Waals surface area contributed by atoms with Crippen molar-refractivity contribution < 1.29 is 4.79 Å². The molecule has 0 heterocycles. The Morgan fingerprint density at radius 2 is 1.89 bits per heavy atom. The van der Waals surface area contributed by atoms with Crippen LogP contribution in [0.25, 0.3) is 11.1 Å². The molecular formula is C14H13ClN2O. The van der Waals surface area contributed by atoms with Crippen LogP contribution in [0.4, 0.5) is 5.69 Å². The highest BCUT2D eigenvalue weighted by molar-refractivity contribution is 6.33. The molecule has 0 radical (unpaired) electrons. The molecule has 0 spiro atoms. The first-order chi connectivity index (χ1) is 8.70. The maximum Gasteiger partial charge on any atom is 0.238 e. The van der Waals surface area contributed by atoms with E-state index in [9.17, 15) is 4.79 Å². The van der Waals surface area contributed by atoms with Gasteiger partial charge >= 0.3 is 0 Å². The van der Waals surface area contributed by atoms with Crippen LogP contribution in [0.3, 0.4) is 0 Å². The molecule has 0 aliphatic carbocycles. The predicted octanol–water partition coefficient (Wildman–Crippen LogP) is 2.90. The molecule has 0 aromatic heterocycles. The maximum absolute atomic E-state index is 11.2. The number of rotatable bonds is 3. The number of benzene rings is 2. The smallest absolute Gasteiger partial charge is 0.238 e. The quantitative estimate of drug-likeness (QED) is 0.892. The van der Waals surface area contributed by atoms with Crippen LogP contribution in [0.2, 0.25) is 5.02 Å². The molecule has 3 N–H and O–H groups in total. The van der Waals surface area contributed by atoms with Crippen molar-refractivity contribution in [1.82, 2.24) is 0 Å². The Balaban J connectivity index is 2.28. The van der Waals surface area contributed by atoms with Gasteiger partial charge in [-0.1, -0.05) is 48.0 Å². The maximum atomic E-state index is 11.2. The minimum Gasteiger partial charge on any atom is -0.325 e. The minimum atomic E-state index is -0.237. The van der Waals surface area contributed by atoms with Crippen LogP contribution in [-0.4, -0.2) is 12.5 Å². The molecule has 0 aliphatic rings. The SMILES string of the molecule is NCC(=O)Nc1ccc(-c2ccccc2)c(Cl)c1. The molecule has 92 valence electrons. The zero-order chi connectivity index (χ0) is 13.0.